The first-order valence-corrected chi connectivity index (χ1v) is 8.84. The van der Waals surface area contributed by atoms with E-state index < -0.39 is 0 Å². The molecule has 2 aromatic carbocycles. The van der Waals surface area contributed by atoms with Crippen molar-refractivity contribution in [1.29, 1.82) is 0 Å². The molecule has 0 bridgehead atoms. The first-order valence-electron chi connectivity index (χ1n) is 8.08. The largest absolute Gasteiger partial charge is 0.378 e. The Morgan fingerprint density at radius 3 is 2.79 bits per heavy atom. The molecule has 1 aliphatic heterocycles. The van der Waals surface area contributed by atoms with E-state index in [0.29, 0.717) is 21.9 Å². The molecule has 0 spiro atoms. The highest BCUT2D eigenvalue weighted by Gasteiger charge is 2.38. The zero-order chi connectivity index (χ0) is 16.8. The van der Waals surface area contributed by atoms with Gasteiger partial charge in [-0.3, -0.25) is 4.79 Å². The number of allylic oxidation sites excluding steroid dienone is 2. The Morgan fingerprint density at radius 1 is 1.17 bits per heavy atom. The van der Waals surface area contributed by atoms with Crippen LogP contribution in [-0.2, 0) is 0 Å². The molecule has 4 heteroatoms. The molecule has 1 N–H and O–H groups in total. The number of hydrogen-bond donors (Lipinski definition) is 1. The van der Waals surface area contributed by atoms with Crippen molar-refractivity contribution < 1.29 is 4.79 Å². The van der Waals surface area contributed by atoms with E-state index >= 15 is 0 Å². The van der Waals surface area contributed by atoms with Crippen molar-refractivity contribution in [2.75, 3.05) is 5.32 Å². The molecule has 1 heterocycles. The molecule has 2 aliphatic rings. The number of rotatable bonds is 2. The van der Waals surface area contributed by atoms with Gasteiger partial charge in [0.2, 0.25) is 0 Å². The number of benzene rings is 2. The Bertz CT molecular complexity index is 859. The van der Waals surface area contributed by atoms with E-state index in [9.17, 15) is 4.79 Å². The summed E-state index contributed by atoms with van der Waals surface area (Å²) in [6, 6.07) is 11.8. The lowest BCUT2D eigenvalue weighted by atomic mass is 9.76. The lowest BCUT2D eigenvalue weighted by molar-refractivity contribution is 0.101. The Morgan fingerprint density at radius 2 is 2.00 bits per heavy atom. The van der Waals surface area contributed by atoms with Crippen molar-refractivity contribution in [3.63, 3.8) is 0 Å². The van der Waals surface area contributed by atoms with E-state index in [1.165, 1.54) is 5.56 Å². The summed E-state index contributed by atoms with van der Waals surface area (Å²) < 4.78 is 0. The van der Waals surface area contributed by atoms with E-state index in [4.69, 9.17) is 23.2 Å². The predicted molar refractivity (Wildman–Crippen MR) is 99.3 cm³/mol. The number of nitrogens with one attached hydrogen (secondary N) is 1. The van der Waals surface area contributed by atoms with E-state index in [0.717, 1.165) is 23.2 Å². The van der Waals surface area contributed by atoms with Crippen LogP contribution in [0.5, 0.6) is 0 Å². The first-order chi connectivity index (χ1) is 11.6. The van der Waals surface area contributed by atoms with Crippen LogP contribution in [0.2, 0.25) is 10.0 Å². The maximum atomic E-state index is 11.7. The van der Waals surface area contributed by atoms with Gasteiger partial charge in [-0.05, 0) is 54.7 Å². The average Bonchev–Trinajstić information content (AvgIpc) is 3.06. The lowest BCUT2D eigenvalue weighted by Gasteiger charge is -2.38. The SMILES string of the molecule is CC(=O)c1ccc2c(c1)C1C=CCC1C(c1cccc(Cl)c1Cl)N2. The van der Waals surface area contributed by atoms with Crippen molar-refractivity contribution in [2.45, 2.75) is 25.3 Å². The smallest absolute Gasteiger partial charge is 0.159 e. The number of anilines is 1. The number of halogens is 2. The van der Waals surface area contributed by atoms with E-state index in [2.05, 4.69) is 17.5 Å². The fourth-order valence-electron chi connectivity index (χ4n) is 3.88. The normalized spacial score (nSPS) is 24.2. The van der Waals surface area contributed by atoms with Crippen LogP contribution in [0.3, 0.4) is 0 Å². The third-order valence-electron chi connectivity index (χ3n) is 5.09. The fraction of sp³-hybridized carbons (Fsp3) is 0.250. The Kier molecular flexibility index (Phi) is 3.90. The monoisotopic (exact) mass is 357 g/mol. The molecule has 1 aliphatic carbocycles. The summed E-state index contributed by atoms with van der Waals surface area (Å²) in [7, 11) is 0. The average molecular weight is 358 g/mol. The molecule has 2 nitrogen and oxygen atoms in total. The summed E-state index contributed by atoms with van der Waals surface area (Å²) in [5, 5.41) is 4.82. The molecule has 0 saturated heterocycles. The van der Waals surface area contributed by atoms with Gasteiger partial charge in [-0.1, -0.05) is 47.5 Å². The number of fused-ring (bicyclic) bond motifs is 3. The minimum absolute atomic E-state index is 0.0938. The van der Waals surface area contributed by atoms with Crippen molar-refractivity contribution in [3.05, 3.63) is 75.3 Å². The Balaban J connectivity index is 1.81. The second-order valence-corrected chi connectivity index (χ2v) is 7.26. The van der Waals surface area contributed by atoms with Gasteiger partial charge >= 0.3 is 0 Å². The lowest BCUT2D eigenvalue weighted by Crippen LogP contribution is -2.29. The molecule has 122 valence electrons. The van der Waals surface area contributed by atoms with Crippen LogP contribution in [0.1, 0.15) is 46.8 Å². The van der Waals surface area contributed by atoms with Gasteiger partial charge in [0.05, 0.1) is 16.1 Å². The molecule has 0 aromatic heterocycles. The van der Waals surface area contributed by atoms with Crippen molar-refractivity contribution >= 4 is 34.7 Å². The molecule has 2 aromatic rings. The highest BCUT2D eigenvalue weighted by Crippen LogP contribution is 2.51. The Hall–Kier alpha value is -1.77. The fourth-order valence-corrected chi connectivity index (χ4v) is 4.31. The molecule has 24 heavy (non-hydrogen) atoms. The highest BCUT2D eigenvalue weighted by molar-refractivity contribution is 6.42. The van der Waals surface area contributed by atoms with E-state index in [-0.39, 0.29) is 11.8 Å². The molecule has 0 radical (unpaired) electrons. The number of Topliss-reactive ketones (excluding diaryl/α,β-unsaturated/α-hetero) is 1. The maximum absolute atomic E-state index is 11.7. The zero-order valence-corrected chi connectivity index (χ0v) is 14.7. The van der Waals surface area contributed by atoms with Gasteiger partial charge < -0.3 is 5.32 Å². The number of ketones is 1. The number of carbonyl (C=O) groups is 1. The van der Waals surface area contributed by atoms with Gasteiger partial charge in [0.15, 0.2) is 5.78 Å². The molecule has 0 amide bonds. The number of carbonyl (C=O) groups excluding carboxylic acids is 1. The molecule has 3 atom stereocenters. The highest BCUT2D eigenvalue weighted by atomic mass is 35.5. The van der Waals surface area contributed by atoms with Crippen LogP contribution in [0.25, 0.3) is 0 Å². The van der Waals surface area contributed by atoms with Crippen LogP contribution in [-0.4, -0.2) is 5.78 Å². The van der Waals surface area contributed by atoms with Crippen LogP contribution in [0, 0.1) is 5.92 Å². The van der Waals surface area contributed by atoms with Gasteiger partial charge in [0.1, 0.15) is 0 Å². The van der Waals surface area contributed by atoms with Crippen molar-refractivity contribution in [3.8, 4) is 0 Å². The molecule has 3 unspecified atom stereocenters. The van der Waals surface area contributed by atoms with Gasteiger partial charge in [0.25, 0.3) is 0 Å². The molecule has 4 rings (SSSR count). The summed E-state index contributed by atoms with van der Waals surface area (Å²) >= 11 is 12.7. The third-order valence-corrected chi connectivity index (χ3v) is 5.92. The molecular weight excluding hydrogens is 341 g/mol. The summed E-state index contributed by atoms with van der Waals surface area (Å²) in [6.45, 7) is 1.61. The minimum Gasteiger partial charge on any atom is -0.378 e. The van der Waals surface area contributed by atoms with E-state index in [1.807, 2.05) is 36.4 Å². The van der Waals surface area contributed by atoms with Gasteiger partial charge in [-0.25, -0.2) is 0 Å². The van der Waals surface area contributed by atoms with Gasteiger partial charge in [-0.2, -0.15) is 0 Å². The summed E-state index contributed by atoms with van der Waals surface area (Å²) in [4.78, 5) is 11.7. The van der Waals surface area contributed by atoms with Crippen LogP contribution >= 0.6 is 23.2 Å². The van der Waals surface area contributed by atoms with Crippen LogP contribution in [0.4, 0.5) is 5.69 Å². The van der Waals surface area contributed by atoms with E-state index in [1.54, 1.807) is 6.92 Å². The second-order valence-electron chi connectivity index (χ2n) is 6.48. The van der Waals surface area contributed by atoms with Gasteiger partial charge in [0, 0.05) is 17.2 Å². The second kappa shape index (κ2) is 5.94. The molecule has 0 fully saturated rings. The summed E-state index contributed by atoms with van der Waals surface area (Å²) in [5.41, 5.74) is 4.04. The van der Waals surface area contributed by atoms with Crippen molar-refractivity contribution in [2.24, 2.45) is 5.92 Å². The number of hydrogen-bond acceptors (Lipinski definition) is 2. The van der Waals surface area contributed by atoms with Crippen LogP contribution < -0.4 is 5.32 Å². The molecule has 0 saturated carbocycles. The third kappa shape index (κ3) is 2.45. The quantitative estimate of drug-likeness (QED) is 0.525. The van der Waals surface area contributed by atoms with Gasteiger partial charge in [-0.15, -0.1) is 0 Å². The zero-order valence-electron chi connectivity index (χ0n) is 13.2. The Labute approximate surface area is 151 Å². The summed E-state index contributed by atoms with van der Waals surface area (Å²) in [6.07, 6.45) is 5.45. The molecular formula is C20H17Cl2NO. The maximum Gasteiger partial charge on any atom is 0.159 e. The van der Waals surface area contributed by atoms with Crippen molar-refractivity contribution in [1.82, 2.24) is 0 Å². The standard InChI is InChI=1S/C20H17Cl2NO/c1-11(24)12-8-9-18-16(10-12)13-4-2-5-14(13)20(23-18)15-6-3-7-17(21)19(15)22/h2-4,6-10,13-14,20,23H,5H2,1H3. The minimum atomic E-state index is 0.0938. The summed E-state index contributed by atoms with van der Waals surface area (Å²) in [5.74, 6) is 0.757. The van der Waals surface area contributed by atoms with Crippen LogP contribution in [0.15, 0.2) is 48.6 Å². The first kappa shape index (κ1) is 15.7. The predicted octanol–water partition coefficient (Wildman–Crippen LogP) is 6.02. The topological polar surface area (TPSA) is 29.1 Å².